The van der Waals surface area contributed by atoms with Crippen LogP contribution in [0.2, 0.25) is 0 Å². The molecule has 4 nitrogen and oxygen atoms in total. The molecule has 2 atom stereocenters. The molecule has 1 aromatic rings. The first-order chi connectivity index (χ1) is 6.77. The summed E-state index contributed by atoms with van der Waals surface area (Å²) in [7, 11) is 0. The average Bonchev–Trinajstić information content (AvgIpc) is 2.68. The molecule has 0 bridgehead atoms. The largest absolute Gasteiger partial charge is 0.480 e. The van der Waals surface area contributed by atoms with Gasteiger partial charge in [0.2, 0.25) is 0 Å². The Labute approximate surface area is 81.9 Å². The van der Waals surface area contributed by atoms with Gasteiger partial charge in [-0.05, 0) is 5.56 Å². The molecule has 4 heteroatoms. The first kappa shape index (κ1) is 9.18. The van der Waals surface area contributed by atoms with E-state index in [0.717, 1.165) is 5.56 Å². The first-order valence-electron chi connectivity index (χ1n) is 4.54. The third kappa shape index (κ3) is 1.76. The van der Waals surface area contributed by atoms with Crippen LogP contribution in [0.3, 0.4) is 0 Å². The minimum Gasteiger partial charge on any atom is -0.480 e. The Kier molecular flexibility index (Phi) is 2.47. The normalized spacial score (nSPS) is 26.3. The molecule has 0 radical (unpaired) electrons. The van der Waals surface area contributed by atoms with E-state index in [0.29, 0.717) is 6.54 Å². The van der Waals surface area contributed by atoms with Crippen LogP contribution >= 0.6 is 0 Å². The maximum absolute atomic E-state index is 10.7. The minimum atomic E-state index is -0.809. The van der Waals surface area contributed by atoms with Crippen molar-refractivity contribution in [1.29, 1.82) is 0 Å². The van der Waals surface area contributed by atoms with E-state index in [-0.39, 0.29) is 6.17 Å². The summed E-state index contributed by atoms with van der Waals surface area (Å²) in [6, 6.07) is 9.26. The highest BCUT2D eigenvalue weighted by Crippen LogP contribution is 2.14. The van der Waals surface area contributed by atoms with Crippen molar-refractivity contribution in [2.75, 3.05) is 6.54 Å². The molecule has 1 heterocycles. The second-order valence-electron chi connectivity index (χ2n) is 3.31. The Morgan fingerprint density at radius 1 is 1.36 bits per heavy atom. The smallest absolute Gasteiger partial charge is 0.322 e. The van der Waals surface area contributed by atoms with Crippen molar-refractivity contribution in [2.45, 2.75) is 12.2 Å². The highest BCUT2D eigenvalue weighted by atomic mass is 16.4. The molecule has 1 saturated heterocycles. The third-order valence-corrected chi connectivity index (χ3v) is 2.32. The number of hydrogen-bond acceptors (Lipinski definition) is 3. The van der Waals surface area contributed by atoms with Crippen molar-refractivity contribution < 1.29 is 9.90 Å². The summed E-state index contributed by atoms with van der Waals surface area (Å²) in [5.74, 6) is -0.809. The van der Waals surface area contributed by atoms with Gasteiger partial charge in [0.15, 0.2) is 0 Å². The molecule has 1 fully saturated rings. The standard InChI is InChI=1S/C10H12N2O2/c13-10(14)8-6-11-9(12-8)7-4-2-1-3-5-7/h1-5,8-9,11-12H,6H2,(H,13,14). The number of rotatable bonds is 2. The number of hydrogen-bond donors (Lipinski definition) is 3. The van der Waals surface area contributed by atoms with Gasteiger partial charge in [-0.2, -0.15) is 0 Å². The second-order valence-corrected chi connectivity index (χ2v) is 3.31. The van der Waals surface area contributed by atoms with Gasteiger partial charge in [-0.3, -0.25) is 15.4 Å². The molecule has 2 rings (SSSR count). The zero-order valence-corrected chi connectivity index (χ0v) is 7.60. The van der Waals surface area contributed by atoms with Crippen LogP contribution in [-0.2, 0) is 4.79 Å². The quantitative estimate of drug-likeness (QED) is 0.632. The van der Waals surface area contributed by atoms with Gasteiger partial charge in [0.1, 0.15) is 6.04 Å². The lowest BCUT2D eigenvalue weighted by Gasteiger charge is -2.11. The van der Waals surface area contributed by atoms with Gasteiger partial charge in [0.05, 0.1) is 6.17 Å². The zero-order chi connectivity index (χ0) is 9.97. The van der Waals surface area contributed by atoms with Crippen LogP contribution in [0.5, 0.6) is 0 Å². The number of benzene rings is 1. The molecule has 3 N–H and O–H groups in total. The third-order valence-electron chi connectivity index (χ3n) is 2.32. The summed E-state index contributed by atoms with van der Waals surface area (Å²) in [5, 5.41) is 14.9. The highest BCUT2D eigenvalue weighted by Gasteiger charge is 2.28. The molecule has 1 aliphatic rings. The molecule has 0 amide bonds. The van der Waals surface area contributed by atoms with Crippen LogP contribution in [0.1, 0.15) is 11.7 Å². The summed E-state index contributed by atoms with van der Waals surface area (Å²) in [4.78, 5) is 10.7. The molecule has 0 saturated carbocycles. The van der Waals surface area contributed by atoms with Crippen LogP contribution in [0.15, 0.2) is 30.3 Å². The molecule has 1 aromatic carbocycles. The molecule has 1 aliphatic heterocycles. The fourth-order valence-corrected chi connectivity index (χ4v) is 1.57. The van der Waals surface area contributed by atoms with Crippen LogP contribution in [0, 0.1) is 0 Å². The van der Waals surface area contributed by atoms with Crippen molar-refractivity contribution in [1.82, 2.24) is 10.6 Å². The van der Waals surface area contributed by atoms with Crippen LogP contribution in [-0.4, -0.2) is 23.7 Å². The number of aliphatic carboxylic acids is 1. The van der Waals surface area contributed by atoms with Crippen molar-refractivity contribution in [3.8, 4) is 0 Å². The zero-order valence-electron chi connectivity index (χ0n) is 7.60. The summed E-state index contributed by atoms with van der Waals surface area (Å²) in [6.45, 7) is 0.467. The molecular formula is C10H12N2O2. The fourth-order valence-electron chi connectivity index (χ4n) is 1.57. The van der Waals surface area contributed by atoms with Gasteiger partial charge >= 0.3 is 5.97 Å². The Balaban J connectivity index is 2.06. The first-order valence-corrected chi connectivity index (χ1v) is 4.54. The van der Waals surface area contributed by atoms with E-state index < -0.39 is 12.0 Å². The molecule has 0 aromatic heterocycles. The maximum atomic E-state index is 10.7. The highest BCUT2D eigenvalue weighted by molar-refractivity contribution is 5.74. The van der Waals surface area contributed by atoms with Gasteiger partial charge in [-0.25, -0.2) is 0 Å². The molecule has 74 valence electrons. The summed E-state index contributed by atoms with van der Waals surface area (Å²) in [5.41, 5.74) is 1.07. The van der Waals surface area contributed by atoms with Gasteiger partial charge in [0, 0.05) is 6.54 Å². The van der Waals surface area contributed by atoms with E-state index in [1.165, 1.54) is 0 Å². The van der Waals surface area contributed by atoms with Crippen molar-refractivity contribution in [2.24, 2.45) is 0 Å². The average molecular weight is 192 g/mol. The Hall–Kier alpha value is -1.39. The second kappa shape index (κ2) is 3.77. The van der Waals surface area contributed by atoms with Crippen molar-refractivity contribution >= 4 is 5.97 Å². The van der Waals surface area contributed by atoms with Gasteiger partial charge in [-0.1, -0.05) is 30.3 Å². The molecule has 14 heavy (non-hydrogen) atoms. The van der Waals surface area contributed by atoms with Crippen LogP contribution in [0.25, 0.3) is 0 Å². The lowest BCUT2D eigenvalue weighted by Crippen LogP contribution is -2.33. The molecular weight excluding hydrogens is 180 g/mol. The van der Waals surface area contributed by atoms with E-state index >= 15 is 0 Å². The lowest BCUT2D eigenvalue weighted by molar-refractivity contribution is -0.138. The van der Waals surface area contributed by atoms with E-state index in [1.807, 2.05) is 30.3 Å². The Morgan fingerprint density at radius 2 is 2.07 bits per heavy atom. The molecule has 2 unspecified atom stereocenters. The van der Waals surface area contributed by atoms with Gasteiger partial charge in [0.25, 0.3) is 0 Å². The van der Waals surface area contributed by atoms with Gasteiger partial charge in [-0.15, -0.1) is 0 Å². The molecule has 0 spiro atoms. The summed E-state index contributed by atoms with van der Waals surface area (Å²) < 4.78 is 0. The minimum absolute atomic E-state index is 0.0442. The maximum Gasteiger partial charge on any atom is 0.322 e. The summed E-state index contributed by atoms with van der Waals surface area (Å²) >= 11 is 0. The number of carboxylic acids is 1. The number of carboxylic acid groups (broad SMARTS) is 1. The van der Waals surface area contributed by atoms with E-state index in [2.05, 4.69) is 10.6 Å². The molecule has 0 aliphatic carbocycles. The van der Waals surface area contributed by atoms with Crippen molar-refractivity contribution in [3.63, 3.8) is 0 Å². The predicted octanol–water partition coefficient (Wildman–Crippen LogP) is 0.331. The topological polar surface area (TPSA) is 61.4 Å². The van der Waals surface area contributed by atoms with Gasteiger partial charge < -0.3 is 5.11 Å². The van der Waals surface area contributed by atoms with Crippen molar-refractivity contribution in [3.05, 3.63) is 35.9 Å². The summed E-state index contributed by atoms with van der Waals surface area (Å²) in [6.07, 6.45) is -0.0442. The number of nitrogens with one attached hydrogen (secondary N) is 2. The Morgan fingerprint density at radius 3 is 2.64 bits per heavy atom. The lowest BCUT2D eigenvalue weighted by atomic mass is 10.2. The van der Waals surface area contributed by atoms with E-state index in [9.17, 15) is 4.79 Å². The number of carbonyl (C=O) groups is 1. The monoisotopic (exact) mass is 192 g/mol. The fraction of sp³-hybridized carbons (Fsp3) is 0.300. The predicted molar refractivity (Wildman–Crippen MR) is 51.7 cm³/mol. The van der Waals surface area contributed by atoms with E-state index in [1.54, 1.807) is 0 Å². The van der Waals surface area contributed by atoms with E-state index in [4.69, 9.17) is 5.11 Å². The van der Waals surface area contributed by atoms with Crippen LogP contribution < -0.4 is 10.6 Å². The Bertz CT molecular complexity index is 326. The van der Waals surface area contributed by atoms with Crippen LogP contribution in [0.4, 0.5) is 0 Å². The SMILES string of the molecule is O=C(O)C1CNC(c2ccccc2)N1.